The molecule has 0 aliphatic carbocycles. The maximum atomic E-state index is 13.9. The van der Waals surface area contributed by atoms with Crippen molar-refractivity contribution in [3.8, 4) is 22.3 Å². The zero-order chi connectivity index (χ0) is 32.9. The first-order valence-electron chi connectivity index (χ1n) is 15.9. The molecule has 0 saturated carbocycles. The highest BCUT2D eigenvalue weighted by atomic mass is 32.2. The van der Waals surface area contributed by atoms with Gasteiger partial charge in [0.1, 0.15) is 0 Å². The van der Waals surface area contributed by atoms with Crippen LogP contribution in [0.4, 0.5) is 0 Å². The molecule has 3 aromatic carbocycles. The molecule has 1 amide bonds. The highest BCUT2D eigenvalue weighted by Crippen LogP contribution is 2.37. The van der Waals surface area contributed by atoms with Gasteiger partial charge in [-0.05, 0) is 105 Å². The van der Waals surface area contributed by atoms with Crippen molar-refractivity contribution in [3.05, 3.63) is 108 Å². The average Bonchev–Trinajstić information content (AvgIpc) is 3.65. The largest absolute Gasteiger partial charge is 0.366 e. The summed E-state index contributed by atoms with van der Waals surface area (Å²) in [5.41, 5.74) is 13.2. The van der Waals surface area contributed by atoms with Crippen molar-refractivity contribution < 1.29 is 13.2 Å². The first-order chi connectivity index (χ1) is 22.6. The molecule has 3 aromatic heterocycles. The number of carbonyl (C=O) groups excluding carboxylic acids is 1. The molecule has 2 N–H and O–H groups in total. The number of rotatable bonds is 8. The highest BCUT2D eigenvalue weighted by molar-refractivity contribution is 7.89. The van der Waals surface area contributed by atoms with Crippen LogP contribution in [0.3, 0.4) is 0 Å². The van der Waals surface area contributed by atoms with E-state index in [2.05, 4.69) is 34.8 Å². The maximum Gasteiger partial charge on any atom is 0.248 e. The second-order valence-electron chi connectivity index (χ2n) is 12.8. The quantitative estimate of drug-likeness (QED) is 0.212. The van der Waals surface area contributed by atoms with Gasteiger partial charge in [0.05, 0.1) is 17.5 Å². The second-order valence-corrected chi connectivity index (χ2v) is 14.6. The maximum absolute atomic E-state index is 13.9. The molecular weight excluding hydrogens is 609 g/mol. The highest BCUT2D eigenvalue weighted by Gasteiger charge is 2.24. The Labute approximate surface area is 274 Å². The number of carbonyl (C=O) groups is 1. The molecule has 1 aliphatic heterocycles. The van der Waals surface area contributed by atoms with E-state index in [1.807, 2.05) is 50.4 Å². The molecule has 10 heteroatoms. The van der Waals surface area contributed by atoms with Crippen molar-refractivity contribution in [2.24, 2.45) is 11.7 Å². The average molecular weight is 647 g/mol. The Hall–Kier alpha value is -4.80. The lowest BCUT2D eigenvalue weighted by Gasteiger charge is -2.28. The van der Waals surface area contributed by atoms with Gasteiger partial charge in [0, 0.05) is 46.4 Å². The van der Waals surface area contributed by atoms with Gasteiger partial charge in [0.2, 0.25) is 15.9 Å². The molecule has 0 bridgehead atoms. The first kappa shape index (κ1) is 30.8. The zero-order valence-electron chi connectivity index (χ0n) is 26.8. The Morgan fingerprint density at radius 1 is 0.915 bits per heavy atom. The van der Waals surface area contributed by atoms with Gasteiger partial charge in [-0.2, -0.15) is 5.10 Å². The predicted molar refractivity (Wildman–Crippen MR) is 187 cm³/mol. The van der Waals surface area contributed by atoms with Gasteiger partial charge in [0.15, 0.2) is 5.65 Å². The Balaban J connectivity index is 1.32. The summed E-state index contributed by atoms with van der Waals surface area (Å²) in [6.07, 6.45) is 7.66. The lowest BCUT2D eigenvalue weighted by Crippen LogP contribution is -2.32. The lowest BCUT2D eigenvalue weighted by molar-refractivity contribution is 0.0999. The summed E-state index contributed by atoms with van der Waals surface area (Å²) in [5.74, 6) is -0.0542. The molecule has 1 fully saturated rings. The number of nitrogens with two attached hydrogens (primary N) is 1. The molecule has 47 heavy (non-hydrogen) atoms. The number of amides is 1. The molecule has 240 valence electrons. The van der Waals surface area contributed by atoms with E-state index >= 15 is 0 Å². The van der Waals surface area contributed by atoms with Gasteiger partial charge in [-0.1, -0.05) is 42.5 Å². The van der Waals surface area contributed by atoms with Gasteiger partial charge in [0.25, 0.3) is 0 Å². The molecule has 0 radical (unpaired) electrons. The number of aromatic nitrogens is 4. The Morgan fingerprint density at radius 2 is 1.68 bits per heavy atom. The topological polar surface area (TPSA) is 116 Å². The number of benzene rings is 3. The summed E-state index contributed by atoms with van der Waals surface area (Å²) < 4.78 is 31.1. The summed E-state index contributed by atoms with van der Waals surface area (Å²) >= 11 is 0. The van der Waals surface area contributed by atoms with Crippen LogP contribution >= 0.6 is 0 Å². The fourth-order valence-corrected chi connectivity index (χ4v) is 8.23. The van der Waals surface area contributed by atoms with E-state index in [0.717, 1.165) is 63.9 Å². The van der Waals surface area contributed by atoms with Crippen molar-refractivity contribution in [2.45, 2.75) is 39.0 Å². The fraction of sp³-hybridized carbons (Fsp3) is 0.270. The summed E-state index contributed by atoms with van der Waals surface area (Å²) in [6, 6.07) is 21.0. The number of hydrogen-bond acceptors (Lipinski definition) is 6. The van der Waals surface area contributed by atoms with Crippen LogP contribution in [0.15, 0.2) is 85.3 Å². The van der Waals surface area contributed by atoms with Crippen LogP contribution in [0.1, 0.15) is 39.9 Å². The van der Waals surface area contributed by atoms with E-state index in [-0.39, 0.29) is 5.75 Å². The monoisotopic (exact) mass is 646 g/mol. The lowest BCUT2D eigenvalue weighted by atomic mass is 9.93. The molecule has 4 heterocycles. The molecule has 0 spiro atoms. The number of primary amides is 1. The number of pyridine rings is 1. The van der Waals surface area contributed by atoms with Gasteiger partial charge >= 0.3 is 0 Å². The SMILES string of the molecule is Cc1c(C(N)=O)ccc(-c2cn(S(=O)(=O)Cc3ccccc3)c3ncc(-c4ccc5c(cnn5CC5CCN(C)CC5)c4)cc23)c1C. The van der Waals surface area contributed by atoms with Crippen molar-refractivity contribution >= 4 is 37.9 Å². The van der Waals surface area contributed by atoms with Crippen LogP contribution in [0.5, 0.6) is 0 Å². The normalized spacial score (nSPS) is 14.7. The van der Waals surface area contributed by atoms with E-state index < -0.39 is 15.9 Å². The summed E-state index contributed by atoms with van der Waals surface area (Å²) in [4.78, 5) is 19.2. The molecule has 9 nitrogen and oxygen atoms in total. The minimum Gasteiger partial charge on any atom is -0.366 e. The van der Waals surface area contributed by atoms with E-state index in [4.69, 9.17) is 15.8 Å². The van der Waals surface area contributed by atoms with Gasteiger partial charge in [-0.3, -0.25) is 9.48 Å². The molecule has 1 saturated heterocycles. The third kappa shape index (κ3) is 5.83. The smallest absolute Gasteiger partial charge is 0.248 e. The van der Waals surface area contributed by atoms with Gasteiger partial charge in [-0.25, -0.2) is 17.4 Å². The van der Waals surface area contributed by atoms with Crippen molar-refractivity contribution in [1.29, 1.82) is 0 Å². The number of nitrogens with zero attached hydrogens (tertiary/aromatic N) is 5. The minimum absolute atomic E-state index is 0.169. The summed E-state index contributed by atoms with van der Waals surface area (Å²) in [5, 5.41) is 6.48. The van der Waals surface area contributed by atoms with Gasteiger partial charge < -0.3 is 10.6 Å². The molecule has 0 unspecified atom stereocenters. The van der Waals surface area contributed by atoms with Crippen LogP contribution in [0.2, 0.25) is 0 Å². The Bertz CT molecular complexity index is 2250. The van der Waals surface area contributed by atoms with Gasteiger partial charge in [-0.15, -0.1) is 0 Å². The predicted octanol–water partition coefficient (Wildman–Crippen LogP) is 6.16. The van der Waals surface area contributed by atoms with E-state index in [9.17, 15) is 13.2 Å². The first-order valence-corrected chi connectivity index (χ1v) is 17.5. The Kier molecular flexibility index (Phi) is 7.93. The minimum atomic E-state index is -3.82. The second kappa shape index (κ2) is 12.1. The van der Waals surface area contributed by atoms with Crippen molar-refractivity contribution in [1.82, 2.24) is 23.6 Å². The van der Waals surface area contributed by atoms with Crippen LogP contribution in [0, 0.1) is 19.8 Å². The molecule has 1 aliphatic rings. The van der Waals surface area contributed by atoms with Crippen molar-refractivity contribution in [2.75, 3.05) is 20.1 Å². The molecular formula is C37H38N6O3S. The third-order valence-corrected chi connectivity index (χ3v) is 11.3. The zero-order valence-corrected chi connectivity index (χ0v) is 27.7. The molecule has 0 atom stereocenters. The standard InChI is InChI=1S/C37H38N6O3S/c1-24-25(2)32(36(38)44)11-10-31(24)34-22-43(47(45,46)23-27-7-5-4-6-8-27)37-33(34)18-29(19-39-37)28-9-12-35-30(17-28)20-40-42(35)21-26-13-15-41(3)16-14-26/h4-12,17-20,22,26H,13-16,21,23H2,1-3H3,(H2,38,44). The molecule has 7 rings (SSSR count). The van der Waals surface area contributed by atoms with Crippen molar-refractivity contribution in [3.63, 3.8) is 0 Å². The van der Waals surface area contributed by atoms with Crippen LogP contribution in [0.25, 0.3) is 44.2 Å². The Morgan fingerprint density at radius 3 is 2.43 bits per heavy atom. The fourth-order valence-electron chi connectivity index (χ4n) is 6.80. The number of piperidine rings is 1. The van der Waals surface area contributed by atoms with E-state index in [0.29, 0.717) is 28.1 Å². The van der Waals surface area contributed by atoms with E-state index in [1.54, 1.807) is 30.6 Å². The van der Waals surface area contributed by atoms with Crippen LogP contribution < -0.4 is 5.73 Å². The van der Waals surface area contributed by atoms with Crippen LogP contribution in [-0.4, -0.2) is 58.1 Å². The summed E-state index contributed by atoms with van der Waals surface area (Å²) in [7, 11) is -1.65. The number of fused-ring (bicyclic) bond motifs is 2. The van der Waals surface area contributed by atoms with E-state index in [1.165, 1.54) is 16.8 Å². The third-order valence-electron chi connectivity index (χ3n) is 9.69. The summed E-state index contributed by atoms with van der Waals surface area (Å²) in [6.45, 7) is 6.93. The molecule has 6 aromatic rings. The number of likely N-dealkylation sites (tertiary alicyclic amines) is 1. The number of hydrogen-bond donors (Lipinski definition) is 1. The van der Waals surface area contributed by atoms with Crippen LogP contribution in [-0.2, 0) is 22.3 Å².